The van der Waals surface area contributed by atoms with E-state index in [0.29, 0.717) is 0 Å². The molecule has 1 aromatic rings. The third kappa shape index (κ3) is 2.73. The van der Waals surface area contributed by atoms with E-state index in [9.17, 15) is 14.7 Å². The lowest BCUT2D eigenvalue weighted by molar-refractivity contribution is -0.153. The molecule has 0 saturated carbocycles. The Morgan fingerprint density at radius 3 is 2.24 bits per heavy atom. The van der Waals surface area contributed by atoms with Gasteiger partial charge in [-0.25, -0.2) is 9.59 Å². The molecular formula is C10H9ClO6. The molecule has 2 unspecified atom stereocenters. The maximum Gasteiger partial charge on any atom is 0.337 e. The third-order valence-corrected chi connectivity index (χ3v) is 2.45. The average molecular weight is 261 g/mol. The number of aliphatic hydroxyl groups excluding tert-OH is 2. The average Bonchev–Trinajstić information content (AvgIpc) is 2.25. The summed E-state index contributed by atoms with van der Waals surface area (Å²) < 4.78 is 0. The number of hydrogen-bond acceptors (Lipinski definition) is 4. The highest BCUT2D eigenvalue weighted by molar-refractivity contribution is 6.33. The molecule has 0 bridgehead atoms. The van der Waals surface area contributed by atoms with Gasteiger partial charge in [-0.3, -0.25) is 0 Å². The zero-order chi connectivity index (χ0) is 13.2. The fourth-order valence-corrected chi connectivity index (χ4v) is 1.58. The van der Waals surface area contributed by atoms with Gasteiger partial charge in [0.25, 0.3) is 0 Å². The molecule has 1 rings (SSSR count). The van der Waals surface area contributed by atoms with Gasteiger partial charge in [-0.15, -0.1) is 0 Å². The highest BCUT2D eigenvalue weighted by atomic mass is 35.5. The summed E-state index contributed by atoms with van der Waals surface area (Å²) in [6, 6.07) is 3.82. The molecule has 0 aliphatic rings. The van der Waals surface area contributed by atoms with Crippen LogP contribution in [-0.4, -0.2) is 38.5 Å². The first-order valence-electron chi connectivity index (χ1n) is 4.47. The summed E-state index contributed by atoms with van der Waals surface area (Å²) in [7, 11) is 0. The van der Waals surface area contributed by atoms with Crippen LogP contribution in [0.3, 0.4) is 0 Å². The van der Waals surface area contributed by atoms with E-state index >= 15 is 0 Å². The summed E-state index contributed by atoms with van der Waals surface area (Å²) >= 11 is 5.63. The van der Waals surface area contributed by atoms with Gasteiger partial charge in [0.1, 0.15) is 6.10 Å². The molecule has 0 aliphatic carbocycles. The SMILES string of the molecule is O=C(O)c1c(Cl)cccc1C(O)C(O)C(=O)O. The molecule has 7 heteroatoms. The molecule has 0 aromatic heterocycles. The smallest absolute Gasteiger partial charge is 0.337 e. The highest BCUT2D eigenvalue weighted by Gasteiger charge is 2.29. The fourth-order valence-electron chi connectivity index (χ4n) is 1.32. The molecule has 0 radical (unpaired) electrons. The van der Waals surface area contributed by atoms with E-state index in [-0.39, 0.29) is 10.6 Å². The van der Waals surface area contributed by atoms with Crippen LogP contribution in [0.5, 0.6) is 0 Å². The van der Waals surface area contributed by atoms with Gasteiger partial charge in [0.2, 0.25) is 0 Å². The van der Waals surface area contributed by atoms with E-state index in [2.05, 4.69) is 0 Å². The van der Waals surface area contributed by atoms with Crippen molar-refractivity contribution in [3.8, 4) is 0 Å². The zero-order valence-corrected chi connectivity index (χ0v) is 9.13. The number of rotatable bonds is 4. The van der Waals surface area contributed by atoms with Crippen molar-refractivity contribution in [2.75, 3.05) is 0 Å². The van der Waals surface area contributed by atoms with Gasteiger partial charge in [0.05, 0.1) is 10.6 Å². The Hall–Kier alpha value is -1.63. The highest BCUT2D eigenvalue weighted by Crippen LogP contribution is 2.27. The van der Waals surface area contributed by atoms with Crippen molar-refractivity contribution in [3.63, 3.8) is 0 Å². The molecule has 92 valence electrons. The summed E-state index contributed by atoms with van der Waals surface area (Å²) in [6.45, 7) is 0. The number of aromatic carboxylic acids is 1. The molecule has 4 N–H and O–H groups in total. The Morgan fingerprint density at radius 2 is 1.76 bits per heavy atom. The molecular weight excluding hydrogens is 252 g/mol. The maximum absolute atomic E-state index is 10.9. The van der Waals surface area contributed by atoms with Crippen LogP contribution >= 0.6 is 11.6 Å². The first kappa shape index (κ1) is 13.4. The quantitative estimate of drug-likeness (QED) is 0.627. The van der Waals surface area contributed by atoms with E-state index in [1.807, 2.05) is 0 Å². The van der Waals surface area contributed by atoms with Crippen LogP contribution in [0, 0.1) is 0 Å². The van der Waals surface area contributed by atoms with Crippen molar-refractivity contribution in [2.24, 2.45) is 0 Å². The number of carboxylic acid groups (broad SMARTS) is 2. The normalized spacial score (nSPS) is 14.1. The van der Waals surface area contributed by atoms with Crippen LogP contribution in [-0.2, 0) is 4.79 Å². The predicted octanol–water partition coefficient (Wildman–Crippen LogP) is 0.517. The Balaban J connectivity index is 3.26. The minimum absolute atomic E-state index is 0.147. The molecule has 0 amide bonds. The van der Waals surface area contributed by atoms with Gasteiger partial charge in [0.15, 0.2) is 6.10 Å². The predicted molar refractivity (Wildman–Crippen MR) is 57.0 cm³/mol. The Kier molecular flexibility index (Phi) is 4.06. The minimum Gasteiger partial charge on any atom is -0.479 e. The van der Waals surface area contributed by atoms with Crippen molar-refractivity contribution in [1.29, 1.82) is 0 Å². The topological polar surface area (TPSA) is 115 Å². The van der Waals surface area contributed by atoms with Gasteiger partial charge >= 0.3 is 11.9 Å². The van der Waals surface area contributed by atoms with E-state index in [4.69, 9.17) is 26.9 Å². The number of halogens is 1. The second kappa shape index (κ2) is 5.13. The van der Waals surface area contributed by atoms with Gasteiger partial charge in [-0.2, -0.15) is 0 Å². The third-order valence-electron chi connectivity index (χ3n) is 2.13. The molecule has 1 aromatic carbocycles. The van der Waals surface area contributed by atoms with E-state index in [0.717, 1.165) is 0 Å². The summed E-state index contributed by atoms with van der Waals surface area (Å²) in [5.74, 6) is -3.07. The molecule has 0 aliphatic heterocycles. The number of carboxylic acids is 2. The first-order valence-corrected chi connectivity index (χ1v) is 4.84. The lowest BCUT2D eigenvalue weighted by Gasteiger charge is -2.16. The van der Waals surface area contributed by atoms with Crippen LogP contribution < -0.4 is 0 Å². The molecule has 0 heterocycles. The molecule has 6 nitrogen and oxygen atoms in total. The fraction of sp³-hybridized carbons (Fsp3) is 0.200. The Bertz CT molecular complexity index is 458. The van der Waals surface area contributed by atoms with Gasteiger partial charge in [-0.1, -0.05) is 23.7 Å². The second-order valence-corrected chi connectivity index (χ2v) is 3.64. The van der Waals surface area contributed by atoms with Gasteiger partial charge in [-0.05, 0) is 11.6 Å². The number of aliphatic hydroxyl groups is 2. The first-order chi connectivity index (χ1) is 7.86. The Morgan fingerprint density at radius 1 is 1.18 bits per heavy atom. The standard InChI is InChI=1S/C10H9ClO6/c11-5-3-1-2-4(6(5)9(14)15)7(12)8(13)10(16)17/h1-3,7-8,12-13H,(H,14,15)(H,16,17). The zero-order valence-electron chi connectivity index (χ0n) is 8.37. The van der Waals surface area contributed by atoms with Crippen molar-refractivity contribution in [3.05, 3.63) is 34.3 Å². The number of aliphatic carboxylic acids is 1. The summed E-state index contributed by atoms with van der Waals surface area (Å²) in [6.07, 6.45) is -3.98. The van der Waals surface area contributed by atoms with Gasteiger partial charge in [0, 0.05) is 0 Å². The number of benzene rings is 1. The van der Waals surface area contributed by atoms with Gasteiger partial charge < -0.3 is 20.4 Å². The summed E-state index contributed by atoms with van der Waals surface area (Å²) in [4.78, 5) is 21.4. The summed E-state index contributed by atoms with van der Waals surface area (Å²) in [5.41, 5.74) is -0.679. The maximum atomic E-state index is 10.9. The molecule has 2 atom stereocenters. The van der Waals surface area contributed by atoms with Crippen molar-refractivity contribution < 1.29 is 30.0 Å². The van der Waals surface area contributed by atoms with Crippen molar-refractivity contribution >= 4 is 23.5 Å². The van der Waals surface area contributed by atoms with Crippen molar-refractivity contribution in [2.45, 2.75) is 12.2 Å². The van der Waals surface area contributed by atoms with Crippen LogP contribution in [0.15, 0.2) is 18.2 Å². The van der Waals surface area contributed by atoms with Crippen LogP contribution in [0.25, 0.3) is 0 Å². The van der Waals surface area contributed by atoms with Crippen LogP contribution in [0.4, 0.5) is 0 Å². The van der Waals surface area contributed by atoms with E-state index in [1.54, 1.807) is 0 Å². The Labute approximate surface area is 101 Å². The minimum atomic E-state index is -2.12. The summed E-state index contributed by atoms with van der Waals surface area (Å²) in [5, 5.41) is 36.0. The largest absolute Gasteiger partial charge is 0.479 e. The van der Waals surface area contributed by atoms with E-state index < -0.39 is 29.7 Å². The van der Waals surface area contributed by atoms with Crippen molar-refractivity contribution in [1.82, 2.24) is 0 Å². The second-order valence-electron chi connectivity index (χ2n) is 3.24. The van der Waals surface area contributed by atoms with Crippen LogP contribution in [0.1, 0.15) is 22.0 Å². The molecule has 0 spiro atoms. The lowest BCUT2D eigenvalue weighted by Crippen LogP contribution is -2.28. The monoisotopic (exact) mass is 260 g/mol. The van der Waals surface area contributed by atoms with Crippen LogP contribution in [0.2, 0.25) is 5.02 Å². The molecule has 0 fully saturated rings. The number of carbonyl (C=O) groups is 2. The number of hydrogen-bond donors (Lipinski definition) is 4. The lowest BCUT2D eigenvalue weighted by atomic mass is 9.98. The van der Waals surface area contributed by atoms with E-state index in [1.165, 1.54) is 18.2 Å². The molecule has 17 heavy (non-hydrogen) atoms. The molecule has 0 saturated heterocycles.